The molecule has 0 saturated carbocycles. The summed E-state index contributed by atoms with van der Waals surface area (Å²) in [7, 11) is -3.30. The van der Waals surface area contributed by atoms with Gasteiger partial charge in [0.25, 0.3) is 0 Å². The minimum atomic E-state index is -3.30. The van der Waals surface area contributed by atoms with Crippen molar-refractivity contribution < 1.29 is 8.42 Å². The fraction of sp³-hybridized carbons (Fsp3) is 0.500. The van der Waals surface area contributed by atoms with Gasteiger partial charge in [0, 0.05) is 22.6 Å². The van der Waals surface area contributed by atoms with E-state index < -0.39 is 9.84 Å². The van der Waals surface area contributed by atoms with Gasteiger partial charge in [0.15, 0.2) is 0 Å². The highest BCUT2D eigenvalue weighted by Gasteiger charge is 2.23. The molecule has 0 aliphatic carbocycles. The Hall–Kier alpha value is -0.790. The first-order valence-electron chi connectivity index (χ1n) is 5.85. The summed E-state index contributed by atoms with van der Waals surface area (Å²) in [6.45, 7) is 6.06. The van der Waals surface area contributed by atoms with E-state index in [4.69, 9.17) is 0 Å². The highest BCUT2D eigenvalue weighted by atomic mass is 32.2. The number of hydrogen-bond donors (Lipinski definition) is 0. The molecule has 0 amide bonds. The molecule has 0 atom stereocenters. The summed E-state index contributed by atoms with van der Waals surface area (Å²) in [6.07, 6.45) is 0.441. The van der Waals surface area contributed by atoms with Crippen LogP contribution in [-0.2, 0) is 21.7 Å². The van der Waals surface area contributed by atoms with E-state index in [1.807, 2.05) is 31.5 Å². The molecule has 0 aliphatic heterocycles. The molecule has 0 spiro atoms. The Labute approximate surface area is 121 Å². The quantitative estimate of drug-likeness (QED) is 0.870. The van der Waals surface area contributed by atoms with Gasteiger partial charge >= 0.3 is 0 Å². The minimum absolute atomic E-state index is 0.0633. The number of rotatable bonds is 4. The third kappa shape index (κ3) is 3.61. The van der Waals surface area contributed by atoms with Crippen LogP contribution >= 0.6 is 22.7 Å². The Morgan fingerprint density at radius 2 is 2.00 bits per heavy atom. The van der Waals surface area contributed by atoms with Gasteiger partial charge in [0.1, 0.15) is 0 Å². The summed E-state index contributed by atoms with van der Waals surface area (Å²) < 4.78 is 24.6. The fourth-order valence-electron chi connectivity index (χ4n) is 1.43. The Bertz CT molecular complexity index is 637. The van der Waals surface area contributed by atoms with Crippen LogP contribution in [0.15, 0.2) is 20.6 Å². The molecule has 0 fully saturated rings. The van der Waals surface area contributed by atoms with Crippen molar-refractivity contribution in [3.05, 3.63) is 27.7 Å². The summed E-state index contributed by atoms with van der Waals surface area (Å²) >= 11 is 2.68. The molecule has 0 radical (unpaired) electrons. The molecule has 2 rings (SSSR count). The number of aromatic nitrogens is 2. The van der Waals surface area contributed by atoms with Crippen LogP contribution in [0.3, 0.4) is 0 Å². The SMILES string of the molecule is CC(C)(C)c1csc(S(=O)(=O)CCc2cscn2)n1. The maximum absolute atomic E-state index is 12.2. The van der Waals surface area contributed by atoms with E-state index in [1.165, 1.54) is 22.7 Å². The van der Waals surface area contributed by atoms with Gasteiger partial charge < -0.3 is 0 Å². The molecule has 0 aliphatic rings. The van der Waals surface area contributed by atoms with E-state index in [-0.39, 0.29) is 15.5 Å². The van der Waals surface area contributed by atoms with Gasteiger partial charge in [-0.3, -0.25) is 0 Å². The third-order valence-corrected chi connectivity index (χ3v) is 6.31. The number of thiazole rings is 2. The Morgan fingerprint density at radius 3 is 2.53 bits per heavy atom. The van der Waals surface area contributed by atoms with E-state index in [2.05, 4.69) is 9.97 Å². The van der Waals surface area contributed by atoms with Crippen molar-refractivity contribution >= 4 is 32.5 Å². The lowest BCUT2D eigenvalue weighted by Gasteiger charge is -2.14. The van der Waals surface area contributed by atoms with Gasteiger partial charge in [0.05, 0.1) is 22.7 Å². The minimum Gasteiger partial charge on any atom is -0.250 e. The summed E-state index contributed by atoms with van der Waals surface area (Å²) in [6, 6.07) is 0. The van der Waals surface area contributed by atoms with Crippen LogP contribution in [0.25, 0.3) is 0 Å². The van der Waals surface area contributed by atoms with Crippen molar-refractivity contribution in [3.8, 4) is 0 Å². The molecular formula is C12H16N2O2S3. The van der Waals surface area contributed by atoms with Crippen LogP contribution in [0.5, 0.6) is 0 Å². The lowest BCUT2D eigenvalue weighted by atomic mass is 9.93. The summed E-state index contributed by atoms with van der Waals surface area (Å²) in [5, 5.41) is 3.70. The van der Waals surface area contributed by atoms with E-state index in [0.717, 1.165) is 11.4 Å². The second kappa shape index (κ2) is 5.30. The number of nitrogens with zero attached hydrogens (tertiary/aromatic N) is 2. The van der Waals surface area contributed by atoms with Gasteiger partial charge in [-0.25, -0.2) is 18.4 Å². The molecule has 104 valence electrons. The third-order valence-electron chi connectivity index (χ3n) is 2.63. The molecule has 19 heavy (non-hydrogen) atoms. The first-order valence-corrected chi connectivity index (χ1v) is 9.32. The smallest absolute Gasteiger partial charge is 0.209 e. The molecule has 7 heteroatoms. The molecule has 4 nitrogen and oxygen atoms in total. The van der Waals surface area contributed by atoms with Crippen molar-refractivity contribution in [2.75, 3.05) is 5.75 Å². The number of hydrogen-bond acceptors (Lipinski definition) is 6. The Kier molecular flexibility index (Phi) is 4.08. The number of aryl methyl sites for hydroxylation is 1. The normalized spacial score (nSPS) is 12.8. The average Bonchev–Trinajstić information content (AvgIpc) is 2.97. The maximum Gasteiger partial charge on any atom is 0.209 e. The van der Waals surface area contributed by atoms with Gasteiger partial charge in [-0.2, -0.15) is 0 Å². The van der Waals surface area contributed by atoms with Crippen LogP contribution in [0.4, 0.5) is 0 Å². The van der Waals surface area contributed by atoms with Crippen molar-refractivity contribution in [3.63, 3.8) is 0 Å². The highest BCUT2D eigenvalue weighted by Crippen LogP contribution is 2.26. The maximum atomic E-state index is 12.2. The molecule has 0 unspecified atom stereocenters. The second-order valence-corrected chi connectivity index (χ2v) is 9.16. The molecule has 0 aromatic carbocycles. The predicted octanol–water partition coefficient (Wildman–Crippen LogP) is 2.91. The first-order chi connectivity index (χ1) is 8.79. The zero-order chi connectivity index (χ0) is 14.1. The molecule has 2 aromatic heterocycles. The molecule has 0 bridgehead atoms. The largest absolute Gasteiger partial charge is 0.250 e. The van der Waals surface area contributed by atoms with Crippen molar-refractivity contribution in [2.45, 2.75) is 36.9 Å². The van der Waals surface area contributed by atoms with Gasteiger partial charge in [-0.1, -0.05) is 20.8 Å². The lowest BCUT2D eigenvalue weighted by molar-refractivity contribution is 0.564. The highest BCUT2D eigenvalue weighted by molar-refractivity contribution is 7.93. The monoisotopic (exact) mass is 316 g/mol. The number of sulfone groups is 1. The van der Waals surface area contributed by atoms with E-state index in [1.54, 1.807) is 5.51 Å². The van der Waals surface area contributed by atoms with Crippen LogP contribution < -0.4 is 0 Å². The predicted molar refractivity (Wildman–Crippen MR) is 78.7 cm³/mol. The molecule has 2 aromatic rings. The van der Waals surface area contributed by atoms with Crippen LogP contribution in [0, 0.1) is 0 Å². The van der Waals surface area contributed by atoms with Gasteiger partial charge in [-0.15, -0.1) is 22.7 Å². The van der Waals surface area contributed by atoms with E-state index in [0.29, 0.717) is 6.42 Å². The van der Waals surface area contributed by atoms with Crippen molar-refractivity contribution in [2.24, 2.45) is 0 Å². The zero-order valence-corrected chi connectivity index (χ0v) is 13.5. The van der Waals surface area contributed by atoms with Crippen LogP contribution in [-0.4, -0.2) is 24.1 Å². The average molecular weight is 316 g/mol. The molecular weight excluding hydrogens is 300 g/mol. The molecule has 0 N–H and O–H groups in total. The van der Waals surface area contributed by atoms with Crippen LogP contribution in [0.2, 0.25) is 0 Å². The lowest BCUT2D eigenvalue weighted by Crippen LogP contribution is -2.13. The topological polar surface area (TPSA) is 59.9 Å². The Balaban J connectivity index is 2.13. The van der Waals surface area contributed by atoms with Crippen LogP contribution in [0.1, 0.15) is 32.2 Å². The standard InChI is InChI=1S/C12H16N2O2S3/c1-12(2,3)10-7-18-11(14-10)19(15,16)5-4-9-6-17-8-13-9/h6-8H,4-5H2,1-3H3. The first kappa shape index (κ1) is 14.6. The second-order valence-electron chi connectivity index (χ2n) is 5.30. The molecule has 2 heterocycles. The van der Waals surface area contributed by atoms with E-state index >= 15 is 0 Å². The zero-order valence-electron chi connectivity index (χ0n) is 11.1. The summed E-state index contributed by atoms with van der Waals surface area (Å²) in [5.41, 5.74) is 3.23. The van der Waals surface area contributed by atoms with Gasteiger partial charge in [-0.05, 0) is 0 Å². The Morgan fingerprint density at radius 1 is 1.26 bits per heavy atom. The summed E-state index contributed by atoms with van der Waals surface area (Å²) in [5.74, 6) is 0.0633. The van der Waals surface area contributed by atoms with Crippen molar-refractivity contribution in [1.82, 2.24) is 9.97 Å². The van der Waals surface area contributed by atoms with E-state index in [9.17, 15) is 8.42 Å². The van der Waals surface area contributed by atoms with Gasteiger partial charge in [0.2, 0.25) is 14.2 Å². The van der Waals surface area contributed by atoms with Crippen molar-refractivity contribution in [1.29, 1.82) is 0 Å². The summed E-state index contributed by atoms with van der Waals surface area (Å²) in [4.78, 5) is 8.36. The fourth-order valence-corrected chi connectivity index (χ4v) is 4.67. The molecule has 0 saturated heterocycles.